The van der Waals surface area contributed by atoms with Gasteiger partial charge in [-0.05, 0) is 29.4 Å². The van der Waals surface area contributed by atoms with E-state index in [1.165, 1.54) is 16.9 Å². The molecule has 0 spiro atoms. The van der Waals surface area contributed by atoms with Crippen LogP contribution in [0.15, 0.2) is 59.5 Å². The molecule has 26 heavy (non-hydrogen) atoms. The van der Waals surface area contributed by atoms with Crippen LogP contribution in [-0.4, -0.2) is 21.9 Å². The summed E-state index contributed by atoms with van der Waals surface area (Å²) in [4.78, 5) is 13.6. The Bertz CT molecular complexity index is 864. The maximum Gasteiger partial charge on any atom is 0.258 e. The van der Waals surface area contributed by atoms with E-state index in [-0.39, 0.29) is 5.91 Å². The summed E-state index contributed by atoms with van der Waals surface area (Å²) in [6.45, 7) is 4.25. The van der Waals surface area contributed by atoms with E-state index in [1.807, 2.05) is 42.5 Å². The maximum absolute atomic E-state index is 12.6. The summed E-state index contributed by atoms with van der Waals surface area (Å²) < 4.78 is 0. The fraction of sp³-hybridized carbons (Fsp3) is 0.250. The highest BCUT2D eigenvalue weighted by molar-refractivity contribution is 7.99. The second-order valence-electron chi connectivity index (χ2n) is 5.90. The molecular formula is C20H21N3OS2. The number of hydrogen-bond donors (Lipinski definition) is 1. The molecule has 6 heteroatoms. The number of nitrogens with zero attached hydrogens (tertiary/aromatic N) is 2. The molecule has 1 aromatic heterocycles. The summed E-state index contributed by atoms with van der Waals surface area (Å²) in [6.07, 6.45) is 0.805. The molecule has 1 atom stereocenters. The largest absolute Gasteiger partial charge is 0.296 e. The third-order valence-electron chi connectivity index (χ3n) is 3.97. The van der Waals surface area contributed by atoms with Gasteiger partial charge in [-0.15, -0.1) is 22.0 Å². The van der Waals surface area contributed by atoms with E-state index in [2.05, 4.69) is 41.5 Å². The first-order valence-corrected chi connectivity index (χ1v) is 10.4. The van der Waals surface area contributed by atoms with Crippen molar-refractivity contribution in [1.82, 2.24) is 10.2 Å². The molecule has 4 nitrogen and oxygen atoms in total. The van der Waals surface area contributed by atoms with Crippen LogP contribution in [0.3, 0.4) is 0 Å². The van der Waals surface area contributed by atoms with E-state index < -0.39 is 0 Å². The van der Waals surface area contributed by atoms with Gasteiger partial charge >= 0.3 is 0 Å². The second kappa shape index (κ2) is 8.96. The Hall–Kier alpha value is -2.18. The Morgan fingerprint density at radius 3 is 2.62 bits per heavy atom. The zero-order valence-corrected chi connectivity index (χ0v) is 16.4. The molecule has 3 aromatic rings. The number of carbonyl (C=O) groups excluding carboxylic acids is 1. The predicted molar refractivity (Wildman–Crippen MR) is 109 cm³/mol. The van der Waals surface area contributed by atoms with Crippen LogP contribution >= 0.6 is 23.1 Å². The van der Waals surface area contributed by atoms with Crippen molar-refractivity contribution in [2.75, 3.05) is 11.1 Å². The molecule has 0 aliphatic rings. The van der Waals surface area contributed by atoms with Crippen molar-refractivity contribution >= 4 is 34.1 Å². The average Bonchev–Trinajstić information content (AvgIpc) is 3.10. The minimum Gasteiger partial charge on any atom is -0.296 e. The Morgan fingerprint density at radius 2 is 1.85 bits per heavy atom. The van der Waals surface area contributed by atoms with E-state index in [9.17, 15) is 4.79 Å². The topological polar surface area (TPSA) is 54.9 Å². The Morgan fingerprint density at radius 1 is 1.12 bits per heavy atom. The highest BCUT2D eigenvalue weighted by atomic mass is 32.2. The SMILES string of the molecule is CCSc1ccccc1C(=O)Nc1nnc(C[C@H](C)c2ccccc2)s1. The standard InChI is InChI=1S/C20H21N3OS2/c1-3-25-17-12-8-7-11-16(17)19(24)21-20-23-22-18(26-20)13-14(2)15-9-5-4-6-10-15/h4-12,14H,3,13H2,1-2H3,(H,21,23,24)/t14-/m0/s1. The van der Waals surface area contributed by atoms with Crippen LogP contribution in [0.4, 0.5) is 5.13 Å². The molecule has 1 N–H and O–H groups in total. The predicted octanol–water partition coefficient (Wildman–Crippen LogP) is 5.25. The van der Waals surface area contributed by atoms with Gasteiger partial charge in [-0.2, -0.15) is 0 Å². The molecule has 0 radical (unpaired) electrons. The summed E-state index contributed by atoms with van der Waals surface area (Å²) in [5, 5.41) is 12.7. The molecule has 0 fully saturated rings. The van der Waals surface area contributed by atoms with Gasteiger partial charge in [0.05, 0.1) is 5.56 Å². The molecule has 0 aliphatic heterocycles. The molecule has 0 unspecified atom stereocenters. The molecule has 134 valence electrons. The van der Waals surface area contributed by atoms with E-state index in [4.69, 9.17) is 0 Å². The lowest BCUT2D eigenvalue weighted by atomic mass is 9.98. The van der Waals surface area contributed by atoms with Gasteiger partial charge in [-0.25, -0.2) is 0 Å². The number of carbonyl (C=O) groups is 1. The van der Waals surface area contributed by atoms with E-state index in [0.29, 0.717) is 16.6 Å². The summed E-state index contributed by atoms with van der Waals surface area (Å²) in [7, 11) is 0. The van der Waals surface area contributed by atoms with Crippen molar-refractivity contribution in [3.63, 3.8) is 0 Å². The van der Waals surface area contributed by atoms with Crippen LogP contribution in [0.2, 0.25) is 0 Å². The number of rotatable bonds is 7. The van der Waals surface area contributed by atoms with Crippen LogP contribution in [0, 0.1) is 0 Å². The van der Waals surface area contributed by atoms with Gasteiger partial charge in [0.2, 0.25) is 5.13 Å². The van der Waals surface area contributed by atoms with Crippen molar-refractivity contribution in [3.8, 4) is 0 Å². The van der Waals surface area contributed by atoms with E-state index in [0.717, 1.165) is 22.1 Å². The molecular weight excluding hydrogens is 362 g/mol. The fourth-order valence-corrected chi connectivity index (χ4v) is 4.31. The Kier molecular flexibility index (Phi) is 6.41. The first-order chi connectivity index (χ1) is 12.7. The average molecular weight is 384 g/mol. The zero-order valence-electron chi connectivity index (χ0n) is 14.8. The number of amides is 1. The molecule has 2 aromatic carbocycles. The van der Waals surface area contributed by atoms with Crippen molar-refractivity contribution in [2.24, 2.45) is 0 Å². The van der Waals surface area contributed by atoms with Crippen LogP contribution in [0.25, 0.3) is 0 Å². The first kappa shape index (κ1) is 18.6. The number of hydrogen-bond acceptors (Lipinski definition) is 5. The van der Waals surface area contributed by atoms with Crippen LogP contribution < -0.4 is 5.32 Å². The highest BCUT2D eigenvalue weighted by Gasteiger charge is 2.15. The minimum atomic E-state index is -0.139. The summed E-state index contributed by atoms with van der Waals surface area (Å²) in [6, 6.07) is 18.0. The van der Waals surface area contributed by atoms with Gasteiger partial charge in [-0.3, -0.25) is 10.1 Å². The van der Waals surface area contributed by atoms with Crippen molar-refractivity contribution in [3.05, 3.63) is 70.7 Å². The third kappa shape index (κ3) is 4.71. The van der Waals surface area contributed by atoms with Gasteiger partial charge < -0.3 is 0 Å². The van der Waals surface area contributed by atoms with Crippen molar-refractivity contribution < 1.29 is 4.79 Å². The van der Waals surface area contributed by atoms with Crippen LogP contribution in [0.5, 0.6) is 0 Å². The van der Waals surface area contributed by atoms with Crippen LogP contribution in [0.1, 0.15) is 40.7 Å². The lowest BCUT2D eigenvalue weighted by Crippen LogP contribution is -2.12. The molecule has 1 amide bonds. The van der Waals surface area contributed by atoms with Crippen LogP contribution in [-0.2, 0) is 6.42 Å². The van der Waals surface area contributed by atoms with Crippen molar-refractivity contribution in [2.45, 2.75) is 31.1 Å². The second-order valence-corrected chi connectivity index (χ2v) is 8.27. The highest BCUT2D eigenvalue weighted by Crippen LogP contribution is 2.26. The van der Waals surface area contributed by atoms with Gasteiger partial charge in [0.15, 0.2) is 0 Å². The van der Waals surface area contributed by atoms with Gasteiger partial charge in [0.1, 0.15) is 5.01 Å². The summed E-state index contributed by atoms with van der Waals surface area (Å²) in [5.41, 5.74) is 1.95. The maximum atomic E-state index is 12.6. The normalized spacial score (nSPS) is 11.9. The lowest BCUT2D eigenvalue weighted by molar-refractivity contribution is 0.102. The first-order valence-electron chi connectivity index (χ1n) is 8.58. The van der Waals surface area contributed by atoms with Gasteiger partial charge in [0, 0.05) is 11.3 Å². The number of thioether (sulfide) groups is 1. The number of aromatic nitrogens is 2. The number of nitrogens with one attached hydrogen (secondary N) is 1. The summed E-state index contributed by atoms with van der Waals surface area (Å²) in [5.74, 6) is 1.14. The van der Waals surface area contributed by atoms with E-state index >= 15 is 0 Å². The number of benzene rings is 2. The molecule has 0 saturated heterocycles. The third-order valence-corrected chi connectivity index (χ3v) is 5.78. The molecule has 0 bridgehead atoms. The Labute approximate surface area is 162 Å². The lowest BCUT2D eigenvalue weighted by Gasteiger charge is -2.09. The molecule has 0 aliphatic carbocycles. The summed E-state index contributed by atoms with van der Waals surface area (Å²) >= 11 is 3.10. The van der Waals surface area contributed by atoms with E-state index in [1.54, 1.807) is 11.8 Å². The smallest absolute Gasteiger partial charge is 0.258 e. The van der Waals surface area contributed by atoms with Gasteiger partial charge in [-0.1, -0.05) is 67.6 Å². The minimum absolute atomic E-state index is 0.139. The molecule has 1 heterocycles. The Balaban J connectivity index is 1.66. The number of anilines is 1. The fourth-order valence-electron chi connectivity index (χ4n) is 2.65. The molecule has 3 rings (SSSR count). The quantitative estimate of drug-likeness (QED) is 0.566. The monoisotopic (exact) mass is 383 g/mol. The molecule has 0 saturated carbocycles. The zero-order chi connectivity index (χ0) is 18.4. The van der Waals surface area contributed by atoms with Gasteiger partial charge in [0.25, 0.3) is 5.91 Å². The van der Waals surface area contributed by atoms with Crippen molar-refractivity contribution in [1.29, 1.82) is 0 Å².